The maximum absolute atomic E-state index is 11.6. The number of hydrogen-bond acceptors (Lipinski definition) is 2. The predicted octanol–water partition coefficient (Wildman–Crippen LogP) is 6.69. The zero-order valence-electron chi connectivity index (χ0n) is 13.9. The summed E-state index contributed by atoms with van der Waals surface area (Å²) in [6, 6.07) is 21.5. The number of fused-ring (bicyclic) bond motifs is 2. The molecule has 0 N–H and O–H groups in total. The highest BCUT2D eigenvalue weighted by molar-refractivity contribution is 8.24. The molecule has 4 aromatic rings. The summed E-state index contributed by atoms with van der Waals surface area (Å²) in [6.45, 7) is 0. The Hall–Kier alpha value is -2.62. The molecule has 0 radical (unpaired) electrons. The number of aldehydes is 1. The number of allylic oxidation sites excluding steroid dienone is 3. The van der Waals surface area contributed by atoms with E-state index in [0.717, 1.165) is 11.2 Å². The van der Waals surface area contributed by atoms with Crippen molar-refractivity contribution in [2.75, 3.05) is 0 Å². The van der Waals surface area contributed by atoms with Crippen molar-refractivity contribution in [3.8, 4) is 10.4 Å². The molecule has 1 aliphatic heterocycles. The summed E-state index contributed by atoms with van der Waals surface area (Å²) in [5.74, 6) is 0. The van der Waals surface area contributed by atoms with Crippen LogP contribution in [0, 0.1) is 0 Å². The first kappa shape index (κ1) is 15.6. The summed E-state index contributed by atoms with van der Waals surface area (Å²) in [5.41, 5.74) is 1.30. The van der Waals surface area contributed by atoms with E-state index < -0.39 is 10.9 Å². The van der Waals surface area contributed by atoms with Gasteiger partial charge in [0.15, 0.2) is 6.29 Å². The van der Waals surface area contributed by atoms with Crippen LogP contribution in [0.2, 0.25) is 0 Å². The first-order valence-electron chi connectivity index (χ1n) is 8.49. The Morgan fingerprint density at radius 3 is 2.04 bits per heavy atom. The predicted molar refractivity (Wildman–Crippen MR) is 115 cm³/mol. The minimum atomic E-state index is -0.757. The molecule has 26 heavy (non-hydrogen) atoms. The van der Waals surface area contributed by atoms with Crippen molar-refractivity contribution in [1.82, 2.24) is 0 Å². The molecular formula is C23H16OS2. The largest absolute Gasteiger partial charge is 0.297 e. The van der Waals surface area contributed by atoms with Crippen molar-refractivity contribution in [1.29, 1.82) is 0 Å². The molecule has 3 aromatic carbocycles. The fourth-order valence-electron chi connectivity index (χ4n) is 3.74. The molecule has 0 spiro atoms. The second-order valence-electron chi connectivity index (χ2n) is 6.21. The van der Waals surface area contributed by atoms with Crippen molar-refractivity contribution in [3.63, 3.8) is 0 Å². The third kappa shape index (κ3) is 2.28. The van der Waals surface area contributed by atoms with Crippen molar-refractivity contribution in [2.24, 2.45) is 0 Å². The molecule has 0 amide bonds. The van der Waals surface area contributed by atoms with Crippen molar-refractivity contribution >= 4 is 50.1 Å². The lowest BCUT2D eigenvalue weighted by molar-refractivity contribution is -0.104. The molecule has 0 aliphatic carbocycles. The standard InChI is InChI=1S/C23H16OS2/c24-15-16-7-6-14-26(16)23-19-10-3-1-8-17(19)22(21-12-5-13-25-21)18-9-2-4-11-20(18)23/h1-15,26H. The van der Waals surface area contributed by atoms with Gasteiger partial charge in [0.1, 0.15) is 0 Å². The molecule has 3 heteroatoms. The first-order valence-corrected chi connectivity index (χ1v) is 10.8. The number of hydrogen-bond donors (Lipinski definition) is 1. The average molecular weight is 373 g/mol. The van der Waals surface area contributed by atoms with Gasteiger partial charge in [-0.3, -0.25) is 4.79 Å². The van der Waals surface area contributed by atoms with Crippen LogP contribution in [0.25, 0.3) is 32.0 Å². The Balaban J connectivity index is 1.98. The van der Waals surface area contributed by atoms with Crippen LogP contribution < -0.4 is 0 Å². The molecule has 0 fully saturated rings. The molecule has 0 saturated heterocycles. The van der Waals surface area contributed by atoms with Gasteiger partial charge in [-0.2, -0.15) is 10.9 Å². The Kier molecular flexibility index (Phi) is 3.77. The molecule has 0 bridgehead atoms. The molecule has 1 aromatic heterocycles. The highest BCUT2D eigenvalue weighted by Crippen LogP contribution is 2.55. The van der Waals surface area contributed by atoms with Gasteiger partial charge in [0.05, 0.1) is 0 Å². The molecule has 1 aliphatic rings. The minimum Gasteiger partial charge on any atom is -0.297 e. The van der Waals surface area contributed by atoms with Crippen LogP contribution >= 0.6 is 22.2 Å². The van der Waals surface area contributed by atoms with Gasteiger partial charge in [0, 0.05) is 20.2 Å². The molecule has 1 nitrogen and oxygen atoms in total. The zero-order chi connectivity index (χ0) is 17.5. The quantitative estimate of drug-likeness (QED) is 0.241. The van der Waals surface area contributed by atoms with Crippen LogP contribution in [0.1, 0.15) is 0 Å². The molecule has 2 heterocycles. The number of benzene rings is 3. The smallest absolute Gasteiger partial charge is 0.155 e. The molecule has 1 atom stereocenters. The third-order valence-corrected chi connectivity index (χ3v) is 7.94. The minimum absolute atomic E-state index is 0.757. The normalized spacial score (nSPS) is 17.7. The molecule has 5 rings (SSSR count). The SMILES string of the molecule is O=CC1=CC=C[SH]1c1c2ccccc2c(-c2cccs2)c2ccccc12. The number of thiophene rings is 1. The Labute approximate surface area is 158 Å². The van der Waals surface area contributed by atoms with Crippen LogP contribution in [0.15, 0.2) is 93.4 Å². The van der Waals surface area contributed by atoms with Gasteiger partial charge >= 0.3 is 0 Å². The highest BCUT2D eigenvalue weighted by Gasteiger charge is 2.21. The number of carbonyl (C=O) groups is 1. The maximum atomic E-state index is 11.6. The summed E-state index contributed by atoms with van der Waals surface area (Å²) < 4.78 is 0. The van der Waals surface area contributed by atoms with Crippen molar-refractivity contribution in [2.45, 2.75) is 4.90 Å². The fraction of sp³-hybridized carbons (Fsp3) is 0. The van der Waals surface area contributed by atoms with Crippen molar-refractivity contribution < 1.29 is 4.79 Å². The summed E-state index contributed by atoms with van der Waals surface area (Å²) in [5, 5.41) is 9.34. The average Bonchev–Trinajstić information content (AvgIpc) is 3.37. The van der Waals surface area contributed by atoms with Crippen LogP contribution in [-0.2, 0) is 4.79 Å². The van der Waals surface area contributed by atoms with E-state index in [4.69, 9.17) is 0 Å². The first-order chi connectivity index (χ1) is 12.9. The zero-order valence-corrected chi connectivity index (χ0v) is 15.6. The molecule has 1 unspecified atom stereocenters. The topological polar surface area (TPSA) is 17.1 Å². The fourth-order valence-corrected chi connectivity index (χ4v) is 6.65. The lowest BCUT2D eigenvalue weighted by Gasteiger charge is -2.22. The van der Waals surface area contributed by atoms with E-state index in [0.29, 0.717) is 0 Å². The third-order valence-electron chi connectivity index (χ3n) is 4.81. The van der Waals surface area contributed by atoms with E-state index in [2.05, 4.69) is 71.5 Å². The van der Waals surface area contributed by atoms with Gasteiger partial charge in [-0.05, 0) is 44.5 Å². The number of thiol groups is 1. The Bertz CT molecular complexity index is 1140. The van der Waals surface area contributed by atoms with Gasteiger partial charge in [-0.25, -0.2) is 0 Å². The van der Waals surface area contributed by atoms with E-state index in [9.17, 15) is 4.79 Å². The van der Waals surface area contributed by atoms with Gasteiger partial charge in [-0.1, -0.05) is 60.7 Å². The monoisotopic (exact) mass is 372 g/mol. The summed E-state index contributed by atoms with van der Waals surface area (Å²) in [7, 11) is -0.757. The highest BCUT2D eigenvalue weighted by atomic mass is 32.2. The summed E-state index contributed by atoms with van der Waals surface area (Å²) in [4.78, 5) is 15.1. The second-order valence-corrected chi connectivity index (χ2v) is 9.16. The van der Waals surface area contributed by atoms with E-state index in [1.165, 1.54) is 36.9 Å². The van der Waals surface area contributed by atoms with E-state index in [1.54, 1.807) is 11.3 Å². The number of rotatable bonds is 3. The number of carbonyl (C=O) groups excluding carboxylic acids is 1. The van der Waals surface area contributed by atoms with Gasteiger partial charge in [0.2, 0.25) is 0 Å². The Morgan fingerprint density at radius 1 is 0.808 bits per heavy atom. The van der Waals surface area contributed by atoms with Crippen LogP contribution in [0.4, 0.5) is 0 Å². The second kappa shape index (κ2) is 6.27. The van der Waals surface area contributed by atoms with Gasteiger partial charge in [0.25, 0.3) is 0 Å². The van der Waals surface area contributed by atoms with Gasteiger partial charge in [-0.15, -0.1) is 11.3 Å². The van der Waals surface area contributed by atoms with Crippen LogP contribution in [0.3, 0.4) is 0 Å². The molecule has 126 valence electrons. The maximum Gasteiger partial charge on any atom is 0.155 e. The Morgan fingerprint density at radius 2 is 1.46 bits per heavy atom. The lowest BCUT2D eigenvalue weighted by Crippen LogP contribution is -1.92. The molecular weight excluding hydrogens is 356 g/mol. The molecule has 0 saturated carbocycles. The summed E-state index contributed by atoms with van der Waals surface area (Å²) >= 11 is 1.77. The van der Waals surface area contributed by atoms with Crippen LogP contribution in [0.5, 0.6) is 0 Å². The lowest BCUT2D eigenvalue weighted by atomic mass is 9.95. The van der Waals surface area contributed by atoms with E-state index in [-0.39, 0.29) is 0 Å². The van der Waals surface area contributed by atoms with Gasteiger partial charge < -0.3 is 0 Å². The van der Waals surface area contributed by atoms with E-state index in [1.807, 2.05) is 12.2 Å². The van der Waals surface area contributed by atoms with Crippen LogP contribution in [-0.4, -0.2) is 6.29 Å². The summed E-state index contributed by atoms with van der Waals surface area (Å²) in [6.07, 6.45) is 4.99. The van der Waals surface area contributed by atoms with E-state index >= 15 is 0 Å². The van der Waals surface area contributed by atoms with Crippen molar-refractivity contribution in [3.05, 3.63) is 88.5 Å².